The molecule has 0 atom stereocenters. The molecule has 0 aromatic carbocycles. The van der Waals surface area contributed by atoms with Gasteiger partial charge in [-0.05, 0) is 20.9 Å². The van der Waals surface area contributed by atoms with Gasteiger partial charge in [0.15, 0.2) is 0 Å². The van der Waals surface area contributed by atoms with E-state index < -0.39 is 5.54 Å². The molecule has 0 heterocycles. The highest BCUT2D eigenvalue weighted by Crippen LogP contribution is 1.98. The van der Waals surface area contributed by atoms with Gasteiger partial charge in [0.25, 0.3) is 0 Å². The lowest BCUT2D eigenvalue weighted by atomic mass is 10.1. The number of amides is 2. The Balaban J connectivity index is 4.03. The molecule has 0 aliphatic carbocycles. The van der Waals surface area contributed by atoms with Gasteiger partial charge in [0.2, 0.25) is 12.3 Å². The molecular formula is C6H12N2O2. The summed E-state index contributed by atoms with van der Waals surface area (Å²) in [5.74, 6) is -0.329. The second-order valence-corrected chi connectivity index (χ2v) is 2.47. The Labute approximate surface area is 60.0 Å². The fourth-order valence-corrected chi connectivity index (χ4v) is 0.347. The van der Waals surface area contributed by atoms with Crippen LogP contribution in [0, 0.1) is 0 Å². The minimum atomic E-state index is -0.680. The Morgan fingerprint density at radius 2 is 2.00 bits per heavy atom. The predicted molar refractivity (Wildman–Crippen MR) is 37.3 cm³/mol. The Morgan fingerprint density at radius 3 is 2.30 bits per heavy atom. The number of hydrogen-bond donors (Lipinski definition) is 2. The van der Waals surface area contributed by atoms with E-state index in [4.69, 9.17) is 0 Å². The molecule has 0 radical (unpaired) electrons. The Bertz CT molecular complexity index is 143. The highest BCUT2D eigenvalue weighted by atomic mass is 16.2. The topological polar surface area (TPSA) is 58.2 Å². The van der Waals surface area contributed by atoms with Crippen molar-refractivity contribution in [2.45, 2.75) is 19.4 Å². The van der Waals surface area contributed by atoms with Crippen molar-refractivity contribution in [2.24, 2.45) is 0 Å². The maximum Gasteiger partial charge on any atom is 0.246 e. The molecule has 0 rings (SSSR count). The zero-order valence-electron chi connectivity index (χ0n) is 6.39. The number of imide groups is 1. The van der Waals surface area contributed by atoms with Crippen LogP contribution in [-0.2, 0) is 9.59 Å². The largest absolute Gasteiger partial charge is 0.307 e. The van der Waals surface area contributed by atoms with Crippen LogP contribution in [-0.4, -0.2) is 24.9 Å². The van der Waals surface area contributed by atoms with E-state index in [2.05, 4.69) is 10.6 Å². The molecule has 0 aromatic rings. The maximum atomic E-state index is 10.9. The van der Waals surface area contributed by atoms with Gasteiger partial charge in [-0.25, -0.2) is 0 Å². The molecule has 0 aliphatic heterocycles. The van der Waals surface area contributed by atoms with Crippen LogP contribution >= 0.6 is 0 Å². The first kappa shape index (κ1) is 9.10. The van der Waals surface area contributed by atoms with Crippen molar-refractivity contribution in [2.75, 3.05) is 7.05 Å². The summed E-state index contributed by atoms with van der Waals surface area (Å²) in [6.07, 6.45) is 0.376. The third kappa shape index (κ3) is 2.14. The minimum Gasteiger partial charge on any atom is -0.307 e. The van der Waals surface area contributed by atoms with E-state index in [1.807, 2.05) is 0 Å². The Kier molecular flexibility index (Phi) is 3.02. The molecule has 10 heavy (non-hydrogen) atoms. The van der Waals surface area contributed by atoms with E-state index >= 15 is 0 Å². The van der Waals surface area contributed by atoms with E-state index in [0.29, 0.717) is 6.41 Å². The fourth-order valence-electron chi connectivity index (χ4n) is 0.347. The number of carbonyl (C=O) groups excluding carboxylic acids is 2. The van der Waals surface area contributed by atoms with Crippen molar-refractivity contribution < 1.29 is 9.59 Å². The molecule has 4 heteroatoms. The number of hydrogen-bond acceptors (Lipinski definition) is 3. The van der Waals surface area contributed by atoms with Crippen LogP contribution in [0.5, 0.6) is 0 Å². The van der Waals surface area contributed by atoms with Gasteiger partial charge in [-0.3, -0.25) is 14.9 Å². The molecule has 4 nitrogen and oxygen atoms in total. The molecule has 58 valence electrons. The average molecular weight is 144 g/mol. The summed E-state index contributed by atoms with van der Waals surface area (Å²) in [5.41, 5.74) is -0.680. The SMILES string of the molecule is CNC(C)(C)C(=O)NC=O. The lowest BCUT2D eigenvalue weighted by molar-refractivity contribution is -0.129. The molecule has 2 amide bonds. The van der Waals surface area contributed by atoms with Gasteiger partial charge in [-0.15, -0.1) is 0 Å². The van der Waals surface area contributed by atoms with E-state index in [-0.39, 0.29) is 5.91 Å². The van der Waals surface area contributed by atoms with Gasteiger partial charge in [0, 0.05) is 0 Å². The first-order valence-electron chi connectivity index (χ1n) is 2.98. The fraction of sp³-hybridized carbons (Fsp3) is 0.667. The van der Waals surface area contributed by atoms with Crippen molar-refractivity contribution in [3.05, 3.63) is 0 Å². The molecule has 0 saturated heterocycles. The lowest BCUT2D eigenvalue weighted by Gasteiger charge is -2.20. The van der Waals surface area contributed by atoms with Crippen LogP contribution in [0.15, 0.2) is 0 Å². The number of nitrogens with one attached hydrogen (secondary N) is 2. The van der Waals surface area contributed by atoms with Crippen molar-refractivity contribution in [3.63, 3.8) is 0 Å². The monoisotopic (exact) mass is 144 g/mol. The van der Waals surface area contributed by atoms with Crippen LogP contribution in [0.4, 0.5) is 0 Å². The predicted octanol–water partition coefficient (Wildman–Crippen LogP) is -0.743. The summed E-state index contributed by atoms with van der Waals surface area (Å²) >= 11 is 0. The summed E-state index contributed by atoms with van der Waals surface area (Å²) in [5, 5.41) is 4.81. The van der Waals surface area contributed by atoms with Crippen molar-refractivity contribution in [1.29, 1.82) is 0 Å². The van der Waals surface area contributed by atoms with E-state index in [1.54, 1.807) is 20.9 Å². The quantitative estimate of drug-likeness (QED) is 0.513. The van der Waals surface area contributed by atoms with E-state index in [0.717, 1.165) is 0 Å². The molecule has 0 fully saturated rings. The molecule has 0 aromatic heterocycles. The maximum absolute atomic E-state index is 10.9. The first-order valence-corrected chi connectivity index (χ1v) is 2.98. The Morgan fingerprint density at radius 1 is 1.50 bits per heavy atom. The Hall–Kier alpha value is -0.900. The summed E-state index contributed by atoms with van der Waals surface area (Å²) in [6.45, 7) is 3.37. The minimum absolute atomic E-state index is 0.329. The van der Waals surface area contributed by atoms with E-state index in [9.17, 15) is 9.59 Å². The van der Waals surface area contributed by atoms with Gasteiger partial charge in [-0.2, -0.15) is 0 Å². The third-order valence-corrected chi connectivity index (χ3v) is 1.38. The smallest absolute Gasteiger partial charge is 0.246 e. The highest BCUT2D eigenvalue weighted by molar-refractivity contribution is 5.92. The normalized spacial score (nSPS) is 10.7. The summed E-state index contributed by atoms with van der Waals surface area (Å²) in [4.78, 5) is 20.7. The molecule has 0 saturated carbocycles. The van der Waals surface area contributed by atoms with Crippen LogP contribution < -0.4 is 10.6 Å². The molecule has 0 unspecified atom stereocenters. The van der Waals surface area contributed by atoms with Crippen molar-refractivity contribution in [3.8, 4) is 0 Å². The molecule has 0 aliphatic rings. The number of likely N-dealkylation sites (N-methyl/N-ethyl adjacent to an activating group) is 1. The average Bonchev–Trinajstić information content (AvgIpc) is 1.89. The van der Waals surface area contributed by atoms with Crippen molar-refractivity contribution >= 4 is 12.3 Å². The van der Waals surface area contributed by atoms with Crippen LogP contribution in [0.3, 0.4) is 0 Å². The van der Waals surface area contributed by atoms with Gasteiger partial charge >= 0.3 is 0 Å². The van der Waals surface area contributed by atoms with E-state index in [1.165, 1.54) is 0 Å². The van der Waals surface area contributed by atoms with Gasteiger partial charge in [0.1, 0.15) is 0 Å². The third-order valence-electron chi connectivity index (χ3n) is 1.38. The van der Waals surface area contributed by atoms with Crippen LogP contribution in [0.1, 0.15) is 13.8 Å². The zero-order valence-corrected chi connectivity index (χ0v) is 6.39. The number of carbonyl (C=O) groups is 2. The molecule has 0 spiro atoms. The first-order chi connectivity index (χ1) is 4.54. The standard InChI is InChI=1S/C6H12N2O2/c1-6(2,7-3)5(10)8-4-9/h4,7H,1-3H3,(H,8,9,10). The van der Waals surface area contributed by atoms with Gasteiger partial charge < -0.3 is 5.32 Å². The van der Waals surface area contributed by atoms with Crippen molar-refractivity contribution in [1.82, 2.24) is 10.6 Å². The van der Waals surface area contributed by atoms with Gasteiger partial charge in [-0.1, -0.05) is 0 Å². The molecule has 2 N–H and O–H groups in total. The second-order valence-electron chi connectivity index (χ2n) is 2.47. The van der Waals surface area contributed by atoms with Gasteiger partial charge in [0.05, 0.1) is 5.54 Å². The molecule has 0 bridgehead atoms. The summed E-state index contributed by atoms with van der Waals surface area (Å²) in [7, 11) is 1.66. The summed E-state index contributed by atoms with van der Waals surface area (Å²) in [6, 6.07) is 0. The lowest BCUT2D eigenvalue weighted by Crippen LogP contribution is -2.50. The van der Waals surface area contributed by atoms with Crippen LogP contribution in [0.25, 0.3) is 0 Å². The van der Waals surface area contributed by atoms with Crippen LogP contribution in [0.2, 0.25) is 0 Å². The zero-order chi connectivity index (χ0) is 8.20. The molecular weight excluding hydrogens is 132 g/mol. The second kappa shape index (κ2) is 3.31. The highest BCUT2D eigenvalue weighted by Gasteiger charge is 2.24. The summed E-state index contributed by atoms with van der Waals surface area (Å²) < 4.78 is 0. The number of rotatable bonds is 3.